The van der Waals surface area contributed by atoms with Gasteiger partial charge in [-0.15, -0.1) is 0 Å². The van der Waals surface area contributed by atoms with E-state index in [9.17, 15) is 8.42 Å². The zero-order valence-electron chi connectivity index (χ0n) is 9.79. The second kappa shape index (κ2) is 5.18. The van der Waals surface area contributed by atoms with E-state index in [1.54, 1.807) is 31.2 Å². The van der Waals surface area contributed by atoms with Crippen LogP contribution in [0.3, 0.4) is 0 Å². The van der Waals surface area contributed by atoms with Gasteiger partial charge in [0.1, 0.15) is 11.0 Å². The normalized spacial score (nSPS) is 14.6. The van der Waals surface area contributed by atoms with Crippen LogP contribution in [0.25, 0.3) is 0 Å². The largest absolute Gasteiger partial charge is 0.411 e. The Bertz CT molecular complexity index is 523. The molecule has 0 bridgehead atoms. The summed E-state index contributed by atoms with van der Waals surface area (Å²) >= 11 is 0. The molecule has 0 heterocycles. The standard InChI is InChI=1S/C11H16N2O3S/c1-3-17(15,16)8(2)11(13-14)9-5-4-6-10(12)7-9/h4-8,14H,3,12H2,1-2H3/b13-11+/t8-/m1/s1. The van der Waals surface area contributed by atoms with E-state index in [1.165, 1.54) is 6.92 Å². The highest BCUT2D eigenvalue weighted by molar-refractivity contribution is 7.92. The van der Waals surface area contributed by atoms with E-state index in [4.69, 9.17) is 10.9 Å². The average Bonchev–Trinajstić information content (AvgIpc) is 2.30. The average molecular weight is 256 g/mol. The predicted molar refractivity (Wildman–Crippen MR) is 68.1 cm³/mol. The smallest absolute Gasteiger partial charge is 0.158 e. The molecule has 0 unspecified atom stereocenters. The van der Waals surface area contributed by atoms with Crippen LogP contribution in [0.2, 0.25) is 0 Å². The second-order valence-electron chi connectivity index (χ2n) is 3.70. The molecule has 17 heavy (non-hydrogen) atoms. The third-order valence-corrected chi connectivity index (χ3v) is 4.72. The summed E-state index contributed by atoms with van der Waals surface area (Å²) in [6.07, 6.45) is 0. The van der Waals surface area contributed by atoms with Crippen molar-refractivity contribution < 1.29 is 13.6 Å². The van der Waals surface area contributed by atoms with Crippen molar-refractivity contribution in [1.82, 2.24) is 0 Å². The second-order valence-corrected chi connectivity index (χ2v) is 6.31. The zero-order chi connectivity index (χ0) is 13.1. The van der Waals surface area contributed by atoms with Gasteiger partial charge in [0.15, 0.2) is 9.84 Å². The van der Waals surface area contributed by atoms with E-state index in [0.717, 1.165) is 0 Å². The van der Waals surface area contributed by atoms with Gasteiger partial charge in [0, 0.05) is 17.0 Å². The minimum Gasteiger partial charge on any atom is -0.411 e. The Kier molecular flexibility index (Phi) is 4.11. The Morgan fingerprint density at radius 3 is 2.65 bits per heavy atom. The molecule has 6 heteroatoms. The Morgan fingerprint density at radius 1 is 1.53 bits per heavy atom. The summed E-state index contributed by atoms with van der Waals surface area (Å²) in [4.78, 5) is 0. The molecule has 0 aliphatic rings. The summed E-state index contributed by atoms with van der Waals surface area (Å²) in [5.74, 6) is -0.00446. The van der Waals surface area contributed by atoms with E-state index >= 15 is 0 Å². The molecule has 0 aromatic heterocycles. The van der Waals surface area contributed by atoms with Gasteiger partial charge in [-0.2, -0.15) is 0 Å². The molecule has 0 saturated carbocycles. The van der Waals surface area contributed by atoms with E-state index in [-0.39, 0.29) is 11.5 Å². The van der Waals surface area contributed by atoms with Crippen LogP contribution in [0, 0.1) is 0 Å². The molecule has 1 aromatic rings. The fourth-order valence-electron chi connectivity index (χ4n) is 1.49. The van der Waals surface area contributed by atoms with Crippen LogP contribution < -0.4 is 5.73 Å². The third-order valence-electron chi connectivity index (χ3n) is 2.62. The first kappa shape index (κ1) is 13.5. The van der Waals surface area contributed by atoms with Gasteiger partial charge in [-0.1, -0.05) is 24.2 Å². The highest BCUT2D eigenvalue weighted by atomic mass is 32.2. The van der Waals surface area contributed by atoms with Gasteiger partial charge in [-0.3, -0.25) is 0 Å². The maximum Gasteiger partial charge on any atom is 0.158 e. The van der Waals surface area contributed by atoms with Crippen molar-refractivity contribution in [2.75, 3.05) is 11.5 Å². The van der Waals surface area contributed by atoms with E-state index in [1.807, 2.05) is 0 Å². The number of nitrogens with zero attached hydrogens (tertiary/aromatic N) is 1. The van der Waals surface area contributed by atoms with Gasteiger partial charge >= 0.3 is 0 Å². The lowest BCUT2D eigenvalue weighted by Crippen LogP contribution is -2.29. The van der Waals surface area contributed by atoms with Crippen LogP contribution >= 0.6 is 0 Å². The molecule has 5 nitrogen and oxygen atoms in total. The first-order valence-electron chi connectivity index (χ1n) is 5.21. The molecule has 3 N–H and O–H groups in total. The van der Waals surface area contributed by atoms with Crippen LogP contribution in [0.4, 0.5) is 5.69 Å². The van der Waals surface area contributed by atoms with Gasteiger partial charge in [-0.25, -0.2) is 8.42 Å². The maximum absolute atomic E-state index is 11.7. The first-order chi connectivity index (χ1) is 7.92. The topological polar surface area (TPSA) is 92.8 Å². The SMILES string of the molecule is CCS(=O)(=O)[C@H](C)/C(=N\O)c1cccc(N)c1. The van der Waals surface area contributed by atoms with E-state index < -0.39 is 15.1 Å². The van der Waals surface area contributed by atoms with Crippen molar-refractivity contribution >= 4 is 21.2 Å². The highest BCUT2D eigenvalue weighted by Crippen LogP contribution is 2.14. The summed E-state index contributed by atoms with van der Waals surface area (Å²) in [6.45, 7) is 3.05. The molecule has 94 valence electrons. The summed E-state index contributed by atoms with van der Waals surface area (Å²) in [6, 6.07) is 6.60. The monoisotopic (exact) mass is 256 g/mol. The van der Waals surface area contributed by atoms with Crippen LogP contribution in [-0.2, 0) is 9.84 Å². The number of rotatable bonds is 4. The number of anilines is 1. The number of oxime groups is 1. The van der Waals surface area contributed by atoms with Crippen LogP contribution in [0.5, 0.6) is 0 Å². The van der Waals surface area contributed by atoms with Crippen LogP contribution in [-0.4, -0.2) is 30.3 Å². The summed E-state index contributed by atoms with van der Waals surface area (Å²) in [5, 5.41) is 11.2. The minimum absolute atomic E-state index is 0.00446. The van der Waals surface area contributed by atoms with Crippen molar-refractivity contribution in [2.24, 2.45) is 5.16 Å². The Labute approximate surface area is 101 Å². The van der Waals surface area contributed by atoms with Crippen molar-refractivity contribution in [2.45, 2.75) is 19.1 Å². The molecule has 0 aliphatic heterocycles. The quantitative estimate of drug-likeness (QED) is 0.367. The molecule has 1 aromatic carbocycles. The Morgan fingerprint density at radius 2 is 2.18 bits per heavy atom. The summed E-state index contributed by atoms with van der Waals surface area (Å²) in [5.41, 5.74) is 6.72. The molecule has 0 fully saturated rings. The van der Waals surface area contributed by atoms with Gasteiger partial charge in [0.05, 0.1) is 0 Å². The van der Waals surface area contributed by atoms with Crippen molar-refractivity contribution in [1.29, 1.82) is 0 Å². The minimum atomic E-state index is -3.30. The number of nitrogens with two attached hydrogens (primary N) is 1. The van der Waals surface area contributed by atoms with Crippen molar-refractivity contribution in [3.8, 4) is 0 Å². The zero-order valence-corrected chi connectivity index (χ0v) is 10.6. The van der Waals surface area contributed by atoms with Crippen LogP contribution in [0.15, 0.2) is 29.4 Å². The molecular weight excluding hydrogens is 240 g/mol. The fraction of sp³-hybridized carbons (Fsp3) is 0.364. The molecule has 0 spiro atoms. The Hall–Kier alpha value is -1.56. The molecule has 0 radical (unpaired) electrons. The summed E-state index contributed by atoms with van der Waals surface area (Å²) < 4.78 is 23.5. The van der Waals surface area contributed by atoms with Gasteiger partial charge in [0.2, 0.25) is 0 Å². The fourth-order valence-corrected chi connectivity index (χ4v) is 2.52. The maximum atomic E-state index is 11.7. The lowest BCUT2D eigenvalue weighted by molar-refractivity contribution is 0.318. The van der Waals surface area contributed by atoms with E-state index in [0.29, 0.717) is 11.3 Å². The number of hydrogen-bond acceptors (Lipinski definition) is 5. The number of benzene rings is 1. The predicted octanol–water partition coefficient (Wildman–Crippen LogP) is 1.27. The van der Waals surface area contributed by atoms with Crippen molar-refractivity contribution in [3.63, 3.8) is 0 Å². The third kappa shape index (κ3) is 2.97. The molecule has 0 saturated heterocycles. The summed E-state index contributed by atoms with van der Waals surface area (Å²) in [7, 11) is -3.30. The number of nitrogen functional groups attached to an aromatic ring is 1. The molecule has 0 amide bonds. The molecular formula is C11H16N2O3S. The van der Waals surface area contributed by atoms with Gasteiger partial charge in [0.25, 0.3) is 0 Å². The van der Waals surface area contributed by atoms with E-state index in [2.05, 4.69) is 5.16 Å². The number of hydrogen-bond donors (Lipinski definition) is 2. The number of sulfone groups is 1. The Balaban J connectivity index is 3.19. The molecule has 1 rings (SSSR count). The van der Waals surface area contributed by atoms with Crippen molar-refractivity contribution in [3.05, 3.63) is 29.8 Å². The van der Waals surface area contributed by atoms with Gasteiger partial charge in [-0.05, 0) is 19.1 Å². The lowest BCUT2D eigenvalue weighted by atomic mass is 10.1. The van der Waals surface area contributed by atoms with Crippen LogP contribution in [0.1, 0.15) is 19.4 Å². The first-order valence-corrected chi connectivity index (χ1v) is 6.93. The highest BCUT2D eigenvalue weighted by Gasteiger charge is 2.26. The van der Waals surface area contributed by atoms with Gasteiger partial charge < -0.3 is 10.9 Å². The molecule has 1 atom stereocenters. The lowest BCUT2D eigenvalue weighted by Gasteiger charge is -2.13. The molecule has 0 aliphatic carbocycles.